The van der Waals surface area contributed by atoms with E-state index in [1.165, 1.54) is 24.8 Å². The summed E-state index contributed by atoms with van der Waals surface area (Å²) in [6.07, 6.45) is 8.54. The van der Waals surface area contributed by atoms with Crippen LogP contribution >= 0.6 is 11.6 Å². The van der Waals surface area contributed by atoms with Crippen LogP contribution in [-0.4, -0.2) is 35.1 Å². The third-order valence-electron chi connectivity index (χ3n) is 8.36. The van der Waals surface area contributed by atoms with Gasteiger partial charge in [-0.15, -0.1) is 11.6 Å². The first kappa shape index (κ1) is 19.0. The van der Waals surface area contributed by atoms with Crippen LogP contribution in [0.3, 0.4) is 0 Å². The number of hydrogen-bond donors (Lipinski definition) is 1. The summed E-state index contributed by atoms with van der Waals surface area (Å²) in [4.78, 5) is 12.4. The minimum atomic E-state index is -0.307. The Balaban J connectivity index is 1.73. The zero-order valence-corrected chi connectivity index (χ0v) is 17.1. The van der Waals surface area contributed by atoms with Gasteiger partial charge in [-0.1, -0.05) is 25.8 Å². The lowest BCUT2D eigenvalue weighted by Gasteiger charge is -2.60. The number of fused-ring (bicyclic) bond motifs is 5. The zero-order valence-electron chi connectivity index (χ0n) is 16.3. The average molecular weight is 381 g/mol. The molecule has 4 heteroatoms. The molecule has 0 aromatic heterocycles. The molecular weight excluding hydrogens is 348 g/mol. The van der Waals surface area contributed by atoms with E-state index in [0.717, 1.165) is 19.3 Å². The van der Waals surface area contributed by atoms with Crippen LogP contribution in [0.1, 0.15) is 65.7 Å². The number of rotatable bonds is 3. The smallest absolute Gasteiger partial charge is 0.158 e. The molecule has 0 saturated heterocycles. The fourth-order valence-corrected chi connectivity index (χ4v) is 7.29. The van der Waals surface area contributed by atoms with Crippen LogP contribution in [0.5, 0.6) is 0 Å². The monoisotopic (exact) mass is 380 g/mol. The largest absolute Gasteiger partial charge is 0.393 e. The second-order valence-electron chi connectivity index (χ2n) is 9.86. The summed E-state index contributed by atoms with van der Waals surface area (Å²) in [5.41, 5.74) is 1.26. The molecule has 3 saturated carbocycles. The molecule has 3 nitrogen and oxygen atoms in total. The molecule has 0 aliphatic heterocycles. The van der Waals surface area contributed by atoms with Gasteiger partial charge in [0.1, 0.15) is 0 Å². The number of carbonyl (C=O) groups is 1. The first-order chi connectivity index (χ1) is 12.3. The molecule has 0 amide bonds. The van der Waals surface area contributed by atoms with Crippen molar-refractivity contribution in [2.45, 2.75) is 84.0 Å². The Morgan fingerprint density at radius 3 is 2.88 bits per heavy atom. The fourth-order valence-electron chi connectivity index (χ4n) is 7.22. The van der Waals surface area contributed by atoms with Crippen LogP contribution in [0.15, 0.2) is 11.6 Å². The Morgan fingerprint density at radius 2 is 2.15 bits per heavy atom. The van der Waals surface area contributed by atoms with E-state index >= 15 is 0 Å². The van der Waals surface area contributed by atoms with E-state index in [0.29, 0.717) is 29.6 Å². The third kappa shape index (κ3) is 2.72. The summed E-state index contributed by atoms with van der Waals surface area (Å²) >= 11 is 6.01. The highest BCUT2D eigenvalue weighted by molar-refractivity contribution is 6.18. The standard InChI is InChI=1S/C22H33ClO3/c1-13(12-23)26-19-10-15(24)9-14-6-7-16-17-5-4-8-21(17,2)11-18(25)20(16)22(14,19)3/h9,13,16-20,25H,4-8,10-12H2,1-3H3/t13?,16-,17-,18-,19?,20+,21-,22+/m0/s1. The average Bonchev–Trinajstić information content (AvgIpc) is 2.96. The van der Waals surface area contributed by atoms with E-state index in [1.54, 1.807) is 0 Å². The minimum Gasteiger partial charge on any atom is -0.393 e. The fraction of sp³-hybridized carbons (Fsp3) is 0.864. The summed E-state index contributed by atoms with van der Waals surface area (Å²) in [5, 5.41) is 11.3. The Bertz CT molecular complexity index is 617. The van der Waals surface area contributed by atoms with Crippen LogP contribution in [0, 0.1) is 28.6 Å². The first-order valence-corrected chi connectivity index (χ1v) is 11.0. The van der Waals surface area contributed by atoms with E-state index in [2.05, 4.69) is 13.8 Å². The van der Waals surface area contributed by atoms with Gasteiger partial charge in [0.2, 0.25) is 0 Å². The van der Waals surface area contributed by atoms with E-state index in [-0.39, 0.29) is 35.4 Å². The maximum atomic E-state index is 12.4. The van der Waals surface area contributed by atoms with E-state index in [4.69, 9.17) is 16.3 Å². The molecule has 1 N–H and O–H groups in total. The van der Waals surface area contributed by atoms with Gasteiger partial charge in [-0.05, 0) is 68.3 Å². The van der Waals surface area contributed by atoms with Crippen LogP contribution in [0.25, 0.3) is 0 Å². The van der Waals surface area contributed by atoms with Crippen LogP contribution in [-0.2, 0) is 9.53 Å². The van der Waals surface area contributed by atoms with Gasteiger partial charge in [0, 0.05) is 17.7 Å². The number of ketones is 1. The lowest BCUT2D eigenvalue weighted by atomic mass is 9.46. The molecule has 146 valence electrons. The maximum absolute atomic E-state index is 12.4. The Morgan fingerprint density at radius 1 is 1.38 bits per heavy atom. The lowest BCUT2D eigenvalue weighted by molar-refractivity contribution is -0.170. The van der Waals surface area contributed by atoms with Crippen molar-refractivity contribution in [2.24, 2.45) is 28.6 Å². The second-order valence-corrected chi connectivity index (χ2v) is 10.2. The Labute approximate surface area is 162 Å². The van der Waals surface area contributed by atoms with Crippen molar-refractivity contribution in [3.8, 4) is 0 Å². The normalized spacial score (nSPS) is 49.0. The van der Waals surface area contributed by atoms with Gasteiger partial charge >= 0.3 is 0 Å². The molecule has 26 heavy (non-hydrogen) atoms. The number of ether oxygens (including phenoxy) is 1. The Hall–Kier alpha value is -0.380. The van der Waals surface area contributed by atoms with Crippen molar-refractivity contribution < 1.29 is 14.6 Å². The number of alkyl halides is 1. The van der Waals surface area contributed by atoms with Crippen LogP contribution in [0.2, 0.25) is 0 Å². The van der Waals surface area contributed by atoms with Crippen molar-refractivity contribution in [2.75, 3.05) is 5.88 Å². The van der Waals surface area contributed by atoms with E-state index in [9.17, 15) is 9.90 Å². The molecular formula is C22H33ClO3. The number of hydrogen-bond acceptors (Lipinski definition) is 3. The second kappa shape index (κ2) is 6.60. The molecule has 0 spiro atoms. The topological polar surface area (TPSA) is 46.5 Å². The van der Waals surface area contributed by atoms with Crippen LogP contribution < -0.4 is 0 Å². The Kier molecular flexibility index (Phi) is 4.81. The first-order valence-electron chi connectivity index (χ1n) is 10.4. The van der Waals surface area contributed by atoms with Crippen molar-refractivity contribution >= 4 is 17.4 Å². The summed E-state index contributed by atoms with van der Waals surface area (Å²) in [5.74, 6) is 2.03. The molecule has 0 radical (unpaired) electrons. The van der Waals surface area contributed by atoms with Crippen molar-refractivity contribution in [1.82, 2.24) is 0 Å². The number of aliphatic hydroxyl groups excluding tert-OH is 1. The highest BCUT2D eigenvalue weighted by atomic mass is 35.5. The maximum Gasteiger partial charge on any atom is 0.158 e. The zero-order chi connectivity index (χ0) is 18.7. The molecule has 8 atom stereocenters. The van der Waals surface area contributed by atoms with Crippen LogP contribution in [0.4, 0.5) is 0 Å². The van der Waals surface area contributed by atoms with Gasteiger partial charge in [0.25, 0.3) is 0 Å². The molecule has 0 bridgehead atoms. The highest BCUT2D eigenvalue weighted by Crippen LogP contribution is 2.65. The van der Waals surface area contributed by atoms with E-state index in [1.807, 2.05) is 13.0 Å². The molecule has 0 aromatic rings. The van der Waals surface area contributed by atoms with E-state index < -0.39 is 0 Å². The van der Waals surface area contributed by atoms with Crippen molar-refractivity contribution in [1.29, 1.82) is 0 Å². The van der Waals surface area contributed by atoms with Gasteiger partial charge in [-0.3, -0.25) is 4.79 Å². The summed E-state index contributed by atoms with van der Waals surface area (Å²) in [6, 6.07) is 0. The molecule has 3 fully saturated rings. The van der Waals surface area contributed by atoms with Gasteiger partial charge in [-0.25, -0.2) is 0 Å². The predicted molar refractivity (Wildman–Crippen MR) is 103 cm³/mol. The highest BCUT2D eigenvalue weighted by Gasteiger charge is 2.62. The quantitative estimate of drug-likeness (QED) is 0.733. The molecule has 4 aliphatic carbocycles. The minimum absolute atomic E-state index is 0.0801. The summed E-state index contributed by atoms with van der Waals surface area (Å²) < 4.78 is 6.31. The van der Waals surface area contributed by atoms with Crippen molar-refractivity contribution in [3.05, 3.63) is 11.6 Å². The van der Waals surface area contributed by atoms with Gasteiger partial charge in [0.15, 0.2) is 5.78 Å². The van der Waals surface area contributed by atoms with Gasteiger partial charge in [-0.2, -0.15) is 0 Å². The van der Waals surface area contributed by atoms with Gasteiger partial charge in [0.05, 0.1) is 18.3 Å². The lowest BCUT2D eigenvalue weighted by Crippen LogP contribution is -2.60. The predicted octanol–water partition coefficient (Wildman–Crippen LogP) is 4.50. The third-order valence-corrected chi connectivity index (χ3v) is 8.80. The molecule has 4 aliphatic rings. The van der Waals surface area contributed by atoms with Crippen molar-refractivity contribution in [3.63, 3.8) is 0 Å². The molecule has 0 aromatic carbocycles. The summed E-state index contributed by atoms with van der Waals surface area (Å²) in [6.45, 7) is 6.63. The number of aliphatic hydroxyl groups is 1. The molecule has 0 heterocycles. The molecule has 4 rings (SSSR count). The summed E-state index contributed by atoms with van der Waals surface area (Å²) in [7, 11) is 0. The number of halogens is 1. The SMILES string of the molecule is CC(CCl)OC1CC(=O)C=C2CC[C@@H]3[C@H]([C@@H](O)C[C@]4(C)CCC[C@@H]34)[C@]21C. The van der Waals surface area contributed by atoms with Gasteiger partial charge < -0.3 is 9.84 Å². The molecule has 2 unspecified atom stereocenters. The number of carbonyl (C=O) groups excluding carboxylic acids is 1.